The lowest BCUT2D eigenvalue weighted by molar-refractivity contribution is -0.143. The zero-order chi connectivity index (χ0) is 16.4. The van der Waals surface area contributed by atoms with Gasteiger partial charge < -0.3 is 10.4 Å². The molecular formula is C18H16FNO3. The van der Waals surface area contributed by atoms with Crippen LogP contribution in [0, 0.1) is 5.82 Å². The molecule has 2 aromatic rings. The maximum Gasteiger partial charge on any atom is 0.330 e. The molecule has 0 heterocycles. The smallest absolute Gasteiger partial charge is 0.330 e. The van der Waals surface area contributed by atoms with E-state index < -0.39 is 11.5 Å². The fraction of sp³-hybridized carbons (Fsp3) is 0.222. The summed E-state index contributed by atoms with van der Waals surface area (Å²) in [5, 5.41) is 12.2. The Balaban J connectivity index is 1.70. The van der Waals surface area contributed by atoms with Crippen molar-refractivity contribution in [3.8, 4) is 0 Å². The van der Waals surface area contributed by atoms with Crippen molar-refractivity contribution in [2.24, 2.45) is 0 Å². The molecule has 0 spiro atoms. The normalized spacial score (nSPS) is 22.4. The minimum absolute atomic E-state index is 0.0246. The number of halogens is 1. The van der Waals surface area contributed by atoms with Gasteiger partial charge in [-0.25, -0.2) is 9.18 Å². The SMILES string of the molecule is O=C(Cc1ccc(F)cc1)NC1(C(=O)O)CC1c1ccccc1. The highest BCUT2D eigenvalue weighted by atomic mass is 19.1. The minimum atomic E-state index is -1.24. The van der Waals surface area contributed by atoms with Gasteiger partial charge in [-0.1, -0.05) is 42.5 Å². The van der Waals surface area contributed by atoms with Crippen molar-refractivity contribution in [3.05, 3.63) is 71.5 Å². The average molecular weight is 313 g/mol. The Bertz CT molecular complexity index is 730. The summed E-state index contributed by atoms with van der Waals surface area (Å²) in [6.45, 7) is 0. The second kappa shape index (κ2) is 5.83. The standard InChI is InChI=1S/C18H16FNO3/c19-14-8-6-12(7-9-14)10-16(21)20-18(17(22)23)11-15(18)13-4-2-1-3-5-13/h1-9,15H,10-11H2,(H,20,21)(H,22,23). The van der Waals surface area contributed by atoms with Gasteiger partial charge in [-0.2, -0.15) is 0 Å². The van der Waals surface area contributed by atoms with Gasteiger partial charge in [0.1, 0.15) is 11.4 Å². The second-order valence-electron chi connectivity index (χ2n) is 5.80. The summed E-state index contributed by atoms with van der Waals surface area (Å²) in [6, 6.07) is 14.9. The molecule has 1 amide bonds. The van der Waals surface area contributed by atoms with Gasteiger partial charge in [-0.3, -0.25) is 4.79 Å². The molecule has 0 aromatic heterocycles. The number of aliphatic carboxylic acids is 1. The van der Waals surface area contributed by atoms with E-state index in [0.717, 1.165) is 5.56 Å². The predicted octanol–water partition coefficient (Wildman–Crippen LogP) is 2.50. The van der Waals surface area contributed by atoms with Crippen molar-refractivity contribution in [1.29, 1.82) is 0 Å². The topological polar surface area (TPSA) is 66.4 Å². The van der Waals surface area contributed by atoms with Gasteiger partial charge in [-0.05, 0) is 29.7 Å². The van der Waals surface area contributed by atoms with Gasteiger partial charge in [0.25, 0.3) is 0 Å². The van der Waals surface area contributed by atoms with E-state index in [1.807, 2.05) is 30.3 Å². The van der Waals surface area contributed by atoms with Crippen LogP contribution in [0.3, 0.4) is 0 Å². The minimum Gasteiger partial charge on any atom is -0.479 e. The number of carbonyl (C=O) groups is 2. The third-order valence-corrected chi connectivity index (χ3v) is 4.18. The maximum absolute atomic E-state index is 12.9. The number of hydrogen-bond donors (Lipinski definition) is 2. The van der Waals surface area contributed by atoms with Crippen molar-refractivity contribution in [1.82, 2.24) is 5.32 Å². The fourth-order valence-corrected chi connectivity index (χ4v) is 2.86. The molecule has 0 saturated heterocycles. The summed E-state index contributed by atoms with van der Waals surface area (Å²) < 4.78 is 12.9. The van der Waals surface area contributed by atoms with Crippen LogP contribution in [0.5, 0.6) is 0 Å². The van der Waals surface area contributed by atoms with Gasteiger partial charge >= 0.3 is 5.97 Å². The molecule has 1 fully saturated rings. The molecule has 0 radical (unpaired) electrons. The average Bonchev–Trinajstić information content (AvgIpc) is 3.26. The largest absolute Gasteiger partial charge is 0.479 e. The maximum atomic E-state index is 12.9. The first-order valence-corrected chi connectivity index (χ1v) is 7.35. The molecule has 3 rings (SSSR count). The van der Waals surface area contributed by atoms with Crippen LogP contribution in [0.4, 0.5) is 4.39 Å². The number of carboxylic acid groups (broad SMARTS) is 1. The highest BCUT2D eigenvalue weighted by Crippen LogP contribution is 2.51. The first-order valence-electron chi connectivity index (χ1n) is 7.35. The quantitative estimate of drug-likeness (QED) is 0.891. The second-order valence-corrected chi connectivity index (χ2v) is 5.80. The van der Waals surface area contributed by atoms with Crippen LogP contribution in [0.25, 0.3) is 0 Å². The molecule has 2 unspecified atom stereocenters. The van der Waals surface area contributed by atoms with Crippen LogP contribution < -0.4 is 5.32 Å². The molecule has 1 aliphatic rings. The Kier molecular flexibility index (Phi) is 3.86. The van der Waals surface area contributed by atoms with Crippen LogP contribution in [-0.4, -0.2) is 22.5 Å². The Labute approximate surface area is 133 Å². The molecular weight excluding hydrogens is 297 g/mol. The van der Waals surface area contributed by atoms with Crippen molar-refractivity contribution in [2.75, 3.05) is 0 Å². The zero-order valence-electron chi connectivity index (χ0n) is 12.3. The summed E-state index contributed by atoms with van der Waals surface area (Å²) in [5.74, 6) is -2.00. The third kappa shape index (κ3) is 3.08. The van der Waals surface area contributed by atoms with Crippen LogP contribution in [0.2, 0.25) is 0 Å². The number of hydrogen-bond acceptors (Lipinski definition) is 2. The van der Waals surface area contributed by atoms with E-state index in [1.165, 1.54) is 24.3 Å². The predicted molar refractivity (Wildman–Crippen MR) is 82.4 cm³/mol. The molecule has 0 aliphatic heterocycles. The van der Waals surface area contributed by atoms with E-state index in [4.69, 9.17) is 0 Å². The number of amides is 1. The number of carbonyl (C=O) groups excluding carboxylic acids is 1. The van der Waals surface area contributed by atoms with Crippen LogP contribution in [0.15, 0.2) is 54.6 Å². The molecule has 5 heteroatoms. The van der Waals surface area contributed by atoms with Crippen molar-refractivity contribution in [3.63, 3.8) is 0 Å². The molecule has 2 aromatic carbocycles. The number of nitrogens with one attached hydrogen (secondary N) is 1. The van der Waals surface area contributed by atoms with E-state index >= 15 is 0 Å². The Morgan fingerprint density at radius 3 is 2.39 bits per heavy atom. The summed E-state index contributed by atoms with van der Waals surface area (Å²) in [5.41, 5.74) is 0.302. The van der Waals surface area contributed by atoms with Crippen LogP contribution >= 0.6 is 0 Å². The first kappa shape index (κ1) is 15.2. The first-order chi connectivity index (χ1) is 11.0. The van der Waals surface area contributed by atoms with E-state index in [9.17, 15) is 19.1 Å². The molecule has 2 N–H and O–H groups in total. The summed E-state index contributed by atoms with van der Waals surface area (Å²) in [4.78, 5) is 23.8. The molecule has 4 nitrogen and oxygen atoms in total. The van der Waals surface area contributed by atoms with Gasteiger partial charge in [0.2, 0.25) is 5.91 Å². The van der Waals surface area contributed by atoms with Gasteiger partial charge in [0.15, 0.2) is 0 Å². The zero-order valence-corrected chi connectivity index (χ0v) is 12.3. The molecule has 0 bridgehead atoms. The van der Waals surface area contributed by atoms with Crippen molar-refractivity contribution < 1.29 is 19.1 Å². The van der Waals surface area contributed by atoms with E-state index in [-0.39, 0.29) is 24.1 Å². The van der Waals surface area contributed by atoms with Crippen molar-refractivity contribution in [2.45, 2.75) is 24.3 Å². The highest BCUT2D eigenvalue weighted by molar-refractivity contribution is 5.92. The molecule has 118 valence electrons. The number of benzene rings is 2. The van der Waals surface area contributed by atoms with Gasteiger partial charge in [0.05, 0.1) is 6.42 Å². The van der Waals surface area contributed by atoms with Crippen LogP contribution in [-0.2, 0) is 16.0 Å². The molecule has 23 heavy (non-hydrogen) atoms. The lowest BCUT2D eigenvalue weighted by Crippen LogP contribution is -2.45. The van der Waals surface area contributed by atoms with Gasteiger partial charge in [-0.15, -0.1) is 0 Å². The molecule has 1 aliphatic carbocycles. The van der Waals surface area contributed by atoms with Gasteiger partial charge in [0, 0.05) is 5.92 Å². The van der Waals surface area contributed by atoms with Crippen LogP contribution in [0.1, 0.15) is 23.5 Å². The van der Waals surface area contributed by atoms with Crippen molar-refractivity contribution >= 4 is 11.9 Å². The monoisotopic (exact) mass is 313 g/mol. The molecule has 2 atom stereocenters. The fourth-order valence-electron chi connectivity index (χ4n) is 2.86. The lowest BCUT2D eigenvalue weighted by atomic mass is 10.1. The Hall–Kier alpha value is -2.69. The Morgan fingerprint density at radius 1 is 1.13 bits per heavy atom. The Morgan fingerprint density at radius 2 is 1.78 bits per heavy atom. The third-order valence-electron chi connectivity index (χ3n) is 4.18. The highest BCUT2D eigenvalue weighted by Gasteiger charge is 2.62. The molecule has 1 saturated carbocycles. The summed E-state index contributed by atoms with van der Waals surface area (Å²) >= 11 is 0. The number of carboxylic acids is 1. The number of rotatable bonds is 5. The van der Waals surface area contributed by atoms with E-state index in [1.54, 1.807) is 0 Å². The lowest BCUT2D eigenvalue weighted by Gasteiger charge is -2.15. The van der Waals surface area contributed by atoms with E-state index in [2.05, 4.69) is 5.32 Å². The summed E-state index contributed by atoms with van der Waals surface area (Å²) in [7, 11) is 0. The summed E-state index contributed by atoms with van der Waals surface area (Å²) in [6.07, 6.45) is 0.401. The van der Waals surface area contributed by atoms with E-state index in [0.29, 0.717) is 12.0 Å².